The van der Waals surface area contributed by atoms with Crippen molar-refractivity contribution in [1.29, 1.82) is 0 Å². The second-order valence-electron chi connectivity index (χ2n) is 4.84. The lowest BCUT2D eigenvalue weighted by molar-refractivity contribution is -0.114. The predicted molar refractivity (Wildman–Crippen MR) is 85.0 cm³/mol. The summed E-state index contributed by atoms with van der Waals surface area (Å²) in [6.07, 6.45) is 4.28. The maximum Gasteiger partial charge on any atom is 0.229 e. The van der Waals surface area contributed by atoms with Crippen molar-refractivity contribution in [3.05, 3.63) is 36.3 Å². The molecule has 2 heterocycles. The van der Waals surface area contributed by atoms with Crippen molar-refractivity contribution in [2.24, 2.45) is 0 Å². The van der Waals surface area contributed by atoms with Crippen LogP contribution >= 0.6 is 0 Å². The molecule has 0 radical (unpaired) electrons. The fourth-order valence-electron chi connectivity index (χ4n) is 1.85. The van der Waals surface area contributed by atoms with Gasteiger partial charge in [0.05, 0.1) is 17.6 Å². The molecule has 22 heavy (non-hydrogen) atoms. The fourth-order valence-corrected chi connectivity index (χ4v) is 2.46. The van der Waals surface area contributed by atoms with E-state index in [1.54, 1.807) is 37.5 Å². The Bertz CT molecular complexity index is 819. The molecule has 0 aromatic carbocycles. The molecule has 2 aromatic rings. The van der Waals surface area contributed by atoms with Crippen molar-refractivity contribution in [2.45, 2.75) is 13.8 Å². The van der Waals surface area contributed by atoms with E-state index in [0.717, 1.165) is 11.8 Å². The van der Waals surface area contributed by atoms with Crippen LogP contribution in [-0.2, 0) is 14.8 Å². The lowest BCUT2D eigenvalue weighted by Gasteiger charge is -2.10. The average Bonchev–Trinajstić information content (AvgIpc) is 2.39. The van der Waals surface area contributed by atoms with E-state index in [1.807, 2.05) is 0 Å². The van der Waals surface area contributed by atoms with E-state index >= 15 is 0 Å². The molecule has 116 valence electrons. The Kier molecular flexibility index (Phi) is 4.41. The van der Waals surface area contributed by atoms with Crippen molar-refractivity contribution in [1.82, 2.24) is 9.97 Å². The van der Waals surface area contributed by atoms with Crippen LogP contribution in [-0.4, -0.2) is 30.5 Å². The van der Waals surface area contributed by atoms with Crippen LogP contribution in [0.25, 0.3) is 11.1 Å². The highest BCUT2D eigenvalue weighted by Crippen LogP contribution is 2.25. The zero-order valence-corrected chi connectivity index (χ0v) is 13.2. The van der Waals surface area contributed by atoms with E-state index in [-0.39, 0.29) is 5.91 Å². The molecule has 2 aromatic heterocycles. The van der Waals surface area contributed by atoms with Gasteiger partial charge in [-0.2, -0.15) is 0 Å². The molecule has 0 unspecified atom stereocenters. The van der Waals surface area contributed by atoms with Gasteiger partial charge in [-0.15, -0.1) is 0 Å². The summed E-state index contributed by atoms with van der Waals surface area (Å²) in [7, 11) is -3.38. The Morgan fingerprint density at radius 1 is 1.18 bits per heavy atom. The number of anilines is 2. The number of aryl methyl sites for hydroxylation is 1. The number of hydrogen-bond acceptors (Lipinski definition) is 5. The number of pyridine rings is 2. The number of nitrogens with one attached hydrogen (secondary N) is 2. The molecular weight excluding hydrogens is 304 g/mol. The second-order valence-corrected chi connectivity index (χ2v) is 6.59. The third-order valence-corrected chi connectivity index (χ3v) is 3.37. The van der Waals surface area contributed by atoms with Gasteiger partial charge in [0.1, 0.15) is 5.82 Å². The van der Waals surface area contributed by atoms with E-state index in [4.69, 9.17) is 0 Å². The summed E-state index contributed by atoms with van der Waals surface area (Å²) in [6.45, 7) is 3.11. The van der Waals surface area contributed by atoms with Crippen LogP contribution in [0.15, 0.2) is 30.6 Å². The lowest BCUT2D eigenvalue weighted by atomic mass is 10.1. The molecule has 0 saturated carbocycles. The molecule has 0 bridgehead atoms. The SMILES string of the molecule is CC(=O)Nc1cc(-c2cnc(C)c(NS(C)(=O)=O)c2)ccn1. The van der Waals surface area contributed by atoms with Crippen molar-refractivity contribution in [3.63, 3.8) is 0 Å². The Morgan fingerprint density at radius 2 is 1.91 bits per heavy atom. The third kappa shape index (κ3) is 4.26. The van der Waals surface area contributed by atoms with Crippen molar-refractivity contribution < 1.29 is 13.2 Å². The van der Waals surface area contributed by atoms with E-state index in [9.17, 15) is 13.2 Å². The summed E-state index contributed by atoms with van der Waals surface area (Å²) in [5.41, 5.74) is 2.47. The minimum Gasteiger partial charge on any atom is -0.311 e. The monoisotopic (exact) mass is 320 g/mol. The van der Waals surface area contributed by atoms with Gasteiger partial charge in [-0.25, -0.2) is 13.4 Å². The van der Waals surface area contributed by atoms with Gasteiger partial charge in [0.15, 0.2) is 0 Å². The Balaban J connectivity index is 2.41. The Labute approximate surface area is 128 Å². The Morgan fingerprint density at radius 3 is 2.55 bits per heavy atom. The highest BCUT2D eigenvalue weighted by molar-refractivity contribution is 7.92. The summed E-state index contributed by atoms with van der Waals surface area (Å²) >= 11 is 0. The summed E-state index contributed by atoms with van der Waals surface area (Å²) in [5.74, 6) is 0.203. The van der Waals surface area contributed by atoms with E-state index in [1.165, 1.54) is 6.92 Å². The molecule has 7 nitrogen and oxygen atoms in total. The summed E-state index contributed by atoms with van der Waals surface area (Å²) in [5, 5.41) is 2.60. The molecule has 0 aliphatic heterocycles. The van der Waals surface area contributed by atoms with Crippen LogP contribution in [0.1, 0.15) is 12.6 Å². The molecule has 0 spiro atoms. The number of hydrogen-bond donors (Lipinski definition) is 2. The van der Waals surface area contributed by atoms with Gasteiger partial charge in [0.2, 0.25) is 15.9 Å². The standard InChI is InChI=1S/C14H16N4O3S/c1-9-13(18-22(3,20)21)6-12(8-16-9)11-4-5-15-14(7-11)17-10(2)19/h4-8,18H,1-3H3,(H,15,17,19). The number of aromatic nitrogens is 2. The van der Waals surface area contributed by atoms with Crippen LogP contribution in [0, 0.1) is 6.92 Å². The highest BCUT2D eigenvalue weighted by Gasteiger charge is 2.09. The minimum absolute atomic E-state index is 0.217. The maximum absolute atomic E-state index is 11.4. The van der Waals surface area contributed by atoms with Crippen LogP contribution in [0.5, 0.6) is 0 Å². The van der Waals surface area contributed by atoms with Gasteiger partial charge in [0, 0.05) is 24.9 Å². The summed E-state index contributed by atoms with van der Waals surface area (Å²) in [4.78, 5) is 19.3. The molecule has 1 amide bonds. The van der Waals surface area contributed by atoms with E-state index in [0.29, 0.717) is 22.8 Å². The number of amides is 1. The van der Waals surface area contributed by atoms with E-state index in [2.05, 4.69) is 20.0 Å². The molecule has 2 N–H and O–H groups in total. The number of rotatable bonds is 4. The number of carbonyl (C=O) groups is 1. The molecule has 0 saturated heterocycles. The quantitative estimate of drug-likeness (QED) is 0.894. The predicted octanol–water partition coefficient (Wildman–Crippen LogP) is 1.78. The molecule has 0 aliphatic rings. The average molecular weight is 320 g/mol. The number of nitrogens with zero attached hydrogens (tertiary/aromatic N) is 2. The van der Waals surface area contributed by atoms with Gasteiger partial charge in [-0.05, 0) is 30.7 Å². The number of sulfonamides is 1. The first kappa shape index (κ1) is 15.9. The smallest absolute Gasteiger partial charge is 0.229 e. The zero-order chi connectivity index (χ0) is 16.3. The molecule has 0 aliphatic carbocycles. The zero-order valence-electron chi connectivity index (χ0n) is 12.4. The molecule has 0 atom stereocenters. The molecule has 8 heteroatoms. The largest absolute Gasteiger partial charge is 0.311 e. The van der Waals surface area contributed by atoms with Gasteiger partial charge in [-0.3, -0.25) is 14.5 Å². The topological polar surface area (TPSA) is 101 Å². The van der Waals surface area contributed by atoms with Gasteiger partial charge in [0.25, 0.3) is 0 Å². The van der Waals surface area contributed by atoms with Crippen molar-refractivity contribution in [3.8, 4) is 11.1 Å². The van der Waals surface area contributed by atoms with Crippen LogP contribution in [0.2, 0.25) is 0 Å². The Hall–Kier alpha value is -2.48. The van der Waals surface area contributed by atoms with Gasteiger partial charge < -0.3 is 5.32 Å². The van der Waals surface area contributed by atoms with Crippen LogP contribution < -0.4 is 10.0 Å². The summed E-state index contributed by atoms with van der Waals surface area (Å²) in [6, 6.07) is 5.14. The highest BCUT2D eigenvalue weighted by atomic mass is 32.2. The fraction of sp³-hybridized carbons (Fsp3) is 0.214. The third-order valence-electron chi connectivity index (χ3n) is 2.78. The van der Waals surface area contributed by atoms with E-state index < -0.39 is 10.0 Å². The minimum atomic E-state index is -3.38. The summed E-state index contributed by atoms with van der Waals surface area (Å²) < 4.78 is 25.2. The first-order valence-electron chi connectivity index (χ1n) is 6.43. The van der Waals surface area contributed by atoms with Crippen LogP contribution in [0.4, 0.5) is 11.5 Å². The maximum atomic E-state index is 11.4. The molecule has 0 fully saturated rings. The van der Waals surface area contributed by atoms with Crippen molar-refractivity contribution in [2.75, 3.05) is 16.3 Å². The van der Waals surface area contributed by atoms with Gasteiger partial charge >= 0.3 is 0 Å². The molecule has 2 rings (SSSR count). The first-order valence-corrected chi connectivity index (χ1v) is 8.32. The van der Waals surface area contributed by atoms with Gasteiger partial charge in [-0.1, -0.05) is 0 Å². The van der Waals surface area contributed by atoms with Crippen molar-refractivity contribution >= 4 is 27.4 Å². The van der Waals surface area contributed by atoms with Crippen LogP contribution in [0.3, 0.4) is 0 Å². The number of carbonyl (C=O) groups excluding carboxylic acids is 1. The first-order chi connectivity index (χ1) is 10.2. The molecular formula is C14H16N4O3S. The second kappa shape index (κ2) is 6.10. The lowest BCUT2D eigenvalue weighted by Crippen LogP contribution is -2.11. The normalized spacial score (nSPS) is 11.0.